The number of anilines is 1. The van der Waals surface area contributed by atoms with Gasteiger partial charge in [-0.3, -0.25) is 14.6 Å². The molecule has 1 heterocycles. The summed E-state index contributed by atoms with van der Waals surface area (Å²) in [5.41, 5.74) is 2.32. The van der Waals surface area contributed by atoms with Crippen LogP contribution in [-0.4, -0.2) is 55.5 Å². The van der Waals surface area contributed by atoms with Gasteiger partial charge in [0.1, 0.15) is 11.6 Å². The molecule has 1 amide bonds. The van der Waals surface area contributed by atoms with E-state index in [1.54, 1.807) is 26.2 Å². The van der Waals surface area contributed by atoms with Gasteiger partial charge in [-0.25, -0.2) is 4.39 Å². The molecule has 0 unspecified atom stereocenters. The van der Waals surface area contributed by atoms with Gasteiger partial charge in [0, 0.05) is 38.4 Å². The van der Waals surface area contributed by atoms with Crippen LogP contribution in [0, 0.1) is 12.7 Å². The third kappa shape index (κ3) is 5.52. The summed E-state index contributed by atoms with van der Waals surface area (Å²) in [6.45, 7) is 6.43. The van der Waals surface area contributed by atoms with Crippen LogP contribution in [0.15, 0.2) is 42.5 Å². The zero-order chi connectivity index (χ0) is 19.2. The molecular formula is C21H26FN3O2. The summed E-state index contributed by atoms with van der Waals surface area (Å²) >= 11 is 0. The van der Waals surface area contributed by atoms with Crippen LogP contribution in [0.25, 0.3) is 0 Å². The third-order valence-corrected chi connectivity index (χ3v) is 4.85. The molecule has 0 atom stereocenters. The third-order valence-electron chi connectivity index (χ3n) is 4.85. The maximum atomic E-state index is 13.6. The number of aryl methyl sites for hydroxylation is 1. The van der Waals surface area contributed by atoms with E-state index in [4.69, 9.17) is 4.74 Å². The van der Waals surface area contributed by atoms with Crippen LogP contribution in [-0.2, 0) is 11.3 Å². The van der Waals surface area contributed by atoms with Crippen LogP contribution in [0.1, 0.15) is 11.1 Å². The molecule has 5 nitrogen and oxygen atoms in total. The first-order valence-corrected chi connectivity index (χ1v) is 9.17. The number of ether oxygens (including phenoxy) is 1. The Bertz CT molecular complexity index is 771. The number of carbonyl (C=O) groups excluding carboxylic acids is 1. The minimum absolute atomic E-state index is 0.109. The molecule has 2 aromatic carbocycles. The number of benzene rings is 2. The molecule has 1 fully saturated rings. The van der Waals surface area contributed by atoms with Crippen molar-refractivity contribution in [3.63, 3.8) is 0 Å². The molecule has 0 aliphatic carbocycles. The second kappa shape index (κ2) is 8.97. The van der Waals surface area contributed by atoms with Crippen molar-refractivity contribution >= 4 is 11.6 Å². The van der Waals surface area contributed by atoms with Gasteiger partial charge in [-0.15, -0.1) is 0 Å². The Balaban J connectivity index is 1.43. The average molecular weight is 371 g/mol. The molecule has 1 saturated heterocycles. The molecule has 0 aromatic heterocycles. The fourth-order valence-electron chi connectivity index (χ4n) is 3.17. The summed E-state index contributed by atoms with van der Waals surface area (Å²) in [7, 11) is 1.67. The molecule has 1 N–H and O–H groups in total. The number of rotatable bonds is 6. The number of nitrogens with one attached hydrogen (secondary N) is 1. The number of carbonyl (C=O) groups is 1. The molecule has 0 bridgehead atoms. The summed E-state index contributed by atoms with van der Waals surface area (Å²) in [6, 6.07) is 12.9. The molecule has 1 aliphatic rings. The van der Waals surface area contributed by atoms with Crippen molar-refractivity contribution in [2.45, 2.75) is 13.5 Å². The molecule has 6 heteroatoms. The van der Waals surface area contributed by atoms with Gasteiger partial charge < -0.3 is 10.1 Å². The highest BCUT2D eigenvalue weighted by Crippen LogP contribution is 2.15. The van der Waals surface area contributed by atoms with Gasteiger partial charge in [-0.05, 0) is 42.3 Å². The van der Waals surface area contributed by atoms with Crippen molar-refractivity contribution in [3.8, 4) is 5.75 Å². The number of hydrogen-bond donors (Lipinski definition) is 1. The number of nitrogens with zero attached hydrogens (tertiary/aromatic N) is 2. The monoisotopic (exact) mass is 371 g/mol. The Morgan fingerprint density at radius 2 is 1.74 bits per heavy atom. The van der Waals surface area contributed by atoms with Crippen molar-refractivity contribution in [1.82, 2.24) is 9.80 Å². The van der Waals surface area contributed by atoms with Crippen molar-refractivity contribution in [3.05, 3.63) is 59.4 Å². The minimum Gasteiger partial charge on any atom is -0.497 e. The van der Waals surface area contributed by atoms with Gasteiger partial charge in [0.25, 0.3) is 0 Å². The molecule has 2 aromatic rings. The number of amides is 1. The molecule has 1 aliphatic heterocycles. The van der Waals surface area contributed by atoms with E-state index >= 15 is 0 Å². The summed E-state index contributed by atoms with van der Waals surface area (Å²) in [4.78, 5) is 16.7. The number of hydrogen-bond acceptors (Lipinski definition) is 4. The van der Waals surface area contributed by atoms with E-state index < -0.39 is 0 Å². The number of methoxy groups -OCH3 is 1. The van der Waals surface area contributed by atoms with Crippen molar-refractivity contribution in [2.24, 2.45) is 0 Å². The topological polar surface area (TPSA) is 44.8 Å². The Labute approximate surface area is 159 Å². The first-order chi connectivity index (χ1) is 13.0. The Hall–Kier alpha value is -2.44. The fraction of sp³-hybridized carbons (Fsp3) is 0.381. The fourth-order valence-corrected chi connectivity index (χ4v) is 3.17. The maximum absolute atomic E-state index is 13.6. The SMILES string of the molecule is COc1ccc(CN2CCN(CC(=O)Nc3ccc(C)c(F)c3)CC2)cc1. The lowest BCUT2D eigenvalue weighted by Gasteiger charge is -2.34. The molecule has 0 spiro atoms. The number of piperazine rings is 1. The summed E-state index contributed by atoms with van der Waals surface area (Å²) in [5.74, 6) is 0.449. The van der Waals surface area contributed by atoms with Crippen molar-refractivity contribution < 1.29 is 13.9 Å². The lowest BCUT2D eigenvalue weighted by atomic mass is 10.2. The largest absolute Gasteiger partial charge is 0.497 e. The van der Waals surface area contributed by atoms with Gasteiger partial charge in [0.05, 0.1) is 13.7 Å². The van der Waals surface area contributed by atoms with Crippen LogP contribution >= 0.6 is 0 Å². The second-order valence-electron chi connectivity index (χ2n) is 6.91. The van der Waals surface area contributed by atoms with Crippen LogP contribution < -0.4 is 10.1 Å². The average Bonchev–Trinajstić information content (AvgIpc) is 2.67. The van der Waals surface area contributed by atoms with E-state index in [1.165, 1.54) is 11.6 Å². The standard InChI is InChI=1S/C21H26FN3O2/c1-16-3-6-18(13-20(16)22)23-21(26)15-25-11-9-24(10-12-25)14-17-4-7-19(27-2)8-5-17/h3-8,13H,9-12,14-15H2,1-2H3,(H,23,26). The first-order valence-electron chi connectivity index (χ1n) is 9.17. The quantitative estimate of drug-likeness (QED) is 0.848. The lowest BCUT2D eigenvalue weighted by molar-refractivity contribution is -0.117. The zero-order valence-electron chi connectivity index (χ0n) is 15.9. The van der Waals surface area contributed by atoms with Gasteiger partial charge in [-0.1, -0.05) is 18.2 Å². The van der Waals surface area contributed by atoms with E-state index in [9.17, 15) is 9.18 Å². The summed E-state index contributed by atoms with van der Waals surface area (Å²) in [5, 5.41) is 2.77. The maximum Gasteiger partial charge on any atom is 0.238 e. The summed E-state index contributed by atoms with van der Waals surface area (Å²) < 4.78 is 18.8. The second-order valence-corrected chi connectivity index (χ2v) is 6.91. The van der Waals surface area contributed by atoms with E-state index in [2.05, 4.69) is 27.2 Å². The predicted octanol–water partition coefficient (Wildman–Crippen LogP) is 2.90. The van der Waals surface area contributed by atoms with Gasteiger partial charge >= 0.3 is 0 Å². The normalized spacial score (nSPS) is 15.5. The van der Waals surface area contributed by atoms with Gasteiger partial charge in [-0.2, -0.15) is 0 Å². The van der Waals surface area contributed by atoms with E-state index in [0.717, 1.165) is 38.5 Å². The van der Waals surface area contributed by atoms with Crippen LogP contribution in [0.2, 0.25) is 0 Å². The Morgan fingerprint density at radius 1 is 1.07 bits per heavy atom. The smallest absolute Gasteiger partial charge is 0.238 e. The molecule has 27 heavy (non-hydrogen) atoms. The lowest BCUT2D eigenvalue weighted by Crippen LogP contribution is -2.48. The predicted molar refractivity (Wildman–Crippen MR) is 104 cm³/mol. The van der Waals surface area contributed by atoms with Crippen molar-refractivity contribution in [1.29, 1.82) is 0 Å². The van der Waals surface area contributed by atoms with E-state index in [0.29, 0.717) is 17.8 Å². The minimum atomic E-state index is -0.306. The molecule has 0 radical (unpaired) electrons. The Morgan fingerprint density at radius 3 is 2.37 bits per heavy atom. The van der Waals surface area contributed by atoms with Gasteiger partial charge in [0.15, 0.2) is 0 Å². The zero-order valence-corrected chi connectivity index (χ0v) is 15.9. The van der Waals surface area contributed by atoms with Crippen molar-refractivity contribution in [2.75, 3.05) is 45.2 Å². The van der Waals surface area contributed by atoms with E-state index in [1.807, 2.05) is 12.1 Å². The molecule has 0 saturated carbocycles. The first kappa shape index (κ1) is 19.3. The molecule has 3 rings (SSSR count). The van der Waals surface area contributed by atoms with Crippen LogP contribution in [0.3, 0.4) is 0 Å². The Kier molecular flexibility index (Phi) is 6.42. The number of halogens is 1. The molecular weight excluding hydrogens is 345 g/mol. The van der Waals surface area contributed by atoms with Gasteiger partial charge in [0.2, 0.25) is 5.91 Å². The van der Waals surface area contributed by atoms with E-state index in [-0.39, 0.29) is 11.7 Å². The highest BCUT2D eigenvalue weighted by Gasteiger charge is 2.19. The highest BCUT2D eigenvalue weighted by atomic mass is 19.1. The van der Waals surface area contributed by atoms with Crippen LogP contribution in [0.5, 0.6) is 5.75 Å². The summed E-state index contributed by atoms with van der Waals surface area (Å²) in [6.07, 6.45) is 0. The highest BCUT2D eigenvalue weighted by molar-refractivity contribution is 5.92. The molecule has 144 valence electrons. The van der Waals surface area contributed by atoms with Crippen LogP contribution in [0.4, 0.5) is 10.1 Å².